The summed E-state index contributed by atoms with van der Waals surface area (Å²) in [5.74, 6) is 0. The summed E-state index contributed by atoms with van der Waals surface area (Å²) in [7, 11) is 0. The quantitative estimate of drug-likeness (QED) is 0.205. The van der Waals surface area contributed by atoms with Crippen LogP contribution in [-0.2, 0) is 5.41 Å². The molecule has 1 aliphatic carbocycles. The monoisotopic (exact) mass is 565 g/mol. The number of benzene rings is 7. The molecule has 0 spiro atoms. The summed E-state index contributed by atoms with van der Waals surface area (Å²) in [6.07, 6.45) is 0. The lowest BCUT2D eigenvalue weighted by molar-refractivity contribution is 0.590. The Hall–Kier alpha value is -5.14. The van der Waals surface area contributed by atoms with Crippen LogP contribution >= 0.6 is 0 Å². The fraction of sp³-hybridized carbons (Fsp3) is 0.116. The normalized spacial score (nSPS) is 12.1. The number of aryl methyl sites for hydroxylation is 1. The molecule has 0 unspecified atom stereocenters. The number of para-hydroxylation sites is 1. The Morgan fingerprint density at radius 3 is 1.70 bits per heavy atom. The van der Waals surface area contributed by atoms with Crippen LogP contribution in [0.5, 0.6) is 0 Å². The molecule has 7 aromatic carbocycles. The third-order valence-corrected chi connectivity index (χ3v) is 9.21. The van der Waals surface area contributed by atoms with Gasteiger partial charge in [0, 0.05) is 17.1 Å². The highest BCUT2D eigenvalue weighted by atomic mass is 15.1. The fourth-order valence-corrected chi connectivity index (χ4v) is 6.71. The Balaban J connectivity index is 1.24. The summed E-state index contributed by atoms with van der Waals surface area (Å²) in [5.41, 5.74) is 14.1. The van der Waals surface area contributed by atoms with E-state index < -0.39 is 0 Å². The Morgan fingerprint density at radius 2 is 1.02 bits per heavy atom. The SMILES string of the molecule is Cc1ccccc1N(c1cccc(C(C)(C)C)c1)c1ccc2cc3c(cc2c1)-c1cc2cc(-c4ccccc4)ccc2cc1-3. The standard InChI is InChI=1S/C43H35N/c1-28-11-8-9-16-42(28)44(36-15-10-14-35(27-36)43(2,3)4)37-20-19-32-24-39-38-23-31-18-17-30(29-12-6-5-7-13-29)21-33(31)25-40(38)41(39)26-34(32)22-37/h5-27H,1-4H3. The molecule has 0 N–H and O–H groups in total. The molecule has 1 nitrogen and oxygen atoms in total. The molecule has 7 aromatic rings. The Morgan fingerprint density at radius 1 is 0.432 bits per heavy atom. The molecule has 0 aromatic heterocycles. The first-order chi connectivity index (χ1) is 21.3. The molecule has 0 atom stereocenters. The third-order valence-electron chi connectivity index (χ3n) is 9.21. The molecular weight excluding hydrogens is 530 g/mol. The molecule has 1 heteroatoms. The maximum atomic E-state index is 2.41. The molecule has 0 amide bonds. The minimum Gasteiger partial charge on any atom is -0.310 e. The molecule has 0 radical (unpaired) electrons. The van der Waals surface area contributed by atoms with Crippen LogP contribution in [0.2, 0.25) is 0 Å². The second-order valence-corrected chi connectivity index (χ2v) is 13.2. The van der Waals surface area contributed by atoms with Crippen LogP contribution in [0.15, 0.2) is 140 Å². The van der Waals surface area contributed by atoms with Crippen LogP contribution in [-0.4, -0.2) is 0 Å². The van der Waals surface area contributed by atoms with Crippen molar-refractivity contribution >= 4 is 38.6 Å². The molecule has 0 aliphatic heterocycles. The van der Waals surface area contributed by atoms with Gasteiger partial charge in [0.05, 0.1) is 0 Å². The highest BCUT2D eigenvalue weighted by molar-refractivity contribution is 6.12. The molecule has 44 heavy (non-hydrogen) atoms. The van der Waals surface area contributed by atoms with E-state index >= 15 is 0 Å². The topological polar surface area (TPSA) is 3.24 Å². The first-order valence-corrected chi connectivity index (χ1v) is 15.5. The molecule has 8 rings (SSSR count). The predicted octanol–water partition coefficient (Wildman–Crippen LogP) is 12.4. The van der Waals surface area contributed by atoms with E-state index in [-0.39, 0.29) is 5.41 Å². The summed E-state index contributed by atoms with van der Waals surface area (Å²) in [6.45, 7) is 9.04. The second kappa shape index (κ2) is 9.96. The maximum Gasteiger partial charge on any atom is 0.0490 e. The van der Waals surface area contributed by atoms with Gasteiger partial charge in [-0.2, -0.15) is 0 Å². The van der Waals surface area contributed by atoms with Crippen LogP contribution in [0.1, 0.15) is 31.9 Å². The molecule has 0 saturated carbocycles. The minimum absolute atomic E-state index is 0.0680. The smallest absolute Gasteiger partial charge is 0.0490 e. The molecule has 0 saturated heterocycles. The maximum absolute atomic E-state index is 2.41. The van der Waals surface area contributed by atoms with Gasteiger partial charge in [-0.15, -0.1) is 0 Å². The van der Waals surface area contributed by atoms with E-state index in [0.717, 1.165) is 0 Å². The summed E-state index contributed by atoms with van der Waals surface area (Å²) in [5, 5.41) is 5.10. The van der Waals surface area contributed by atoms with Gasteiger partial charge in [-0.05, 0) is 139 Å². The van der Waals surface area contributed by atoms with Gasteiger partial charge >= 0.3 is 0 Å². The van der Waals surface area contributed by atoms with Crippen molar-refractivity contribution in [1.82, 2.24) is 0 Å². The van der Waals surface area contributed by atoms with E-state index in [2.05, 4.69) is 172 Å². The van der Waals surface area contributed by atoms with Crippen molar-refractivity contribution in [3.63, 3.8) is 0 Å². The number of fused-ring (bicyclic) bond motifs is 6. The molecule has 212 valence electrons. The van der Waals surface area contributed by atoms with Gasteiger partial charge in [0.25, 0.3) is 0 Å². The number of rotatable bonds is 4. The summed E-state index contributed by atoms with van der Waals surface area (Å²) in [4.78, 5) is 2.41. The lowest BCUT2D eigenvalue weighted by atomic mass is 9.77. The van der Waals surface area contributed by atoms with Gasteiger partial charge in [0.1, 0.15) is 0 Å². The average molecular weight is 566 g/mol. The Bertz CT molecular complexity index is 2220. The number of anilines is 3. The van der Waals surface area contributed by atoms with Gasteiger partial charge in [-0.1, -0.05) is 99.6 Å². The predicted molar refractivity (Wildman–Crippen MR) is 189 cm³/mol. The van der Waals surface area contributed by atoms with E-state index in [0.29, 0.717) is 0 Å². The molecular formula is C43H35N. The highest BCUT2D eigenvalue weighted by Gasteiger charge is 2.25. The first-order valence-electron chi connectivity index (χ1n) is 15.5. The fourth-order valence-electron chi connectivity index (χ4n) is 6.71. The summed E-state index contributed by atoms with van der Waals surface area (Å²) >= 11 is 0. The molecule has 0 heterocycles. The lowest BCUT2D eigenvalue weighted by Gasteiger charge is -2.30. The van der Waals surface area contributed by atoms with E-state index in [1.165, 1.54) is 83.1 Å². The second-order valence-electron chi connectivity index (χ2n) is 13.2. The third kappa shape index (κ3) is 4.39. The van der Waals surface area contributed by atoms with Crippen molar-refractivity contribution in [2.45, 2.75) is 33.1 Å². The van der Waals surface area contributed by atoms with E-state index in [1.54, 1.807) is 0 Å². The molecule has 0 fully saturated rings. The van der Waals surface area contributed by atoms with E-state index in [1.807, 2.05) is 0 Å². The van der Waals surface area contributed by atoms with Crippen LogP contribution in [0.3, 0.4) is 0 Å². The highest BCUT2D eigenvalue weighted by Crippen LogP contribution is 2.51. The summed E-state index contributed by atoms with van der Waals surface area (Å²) in [6, 6.07) is 51.6. The largest absolute Gasteiger partial charge is 0.310 e. The summed E-state index contributed by atoms with van der Waals surface area (Å²) < 4.78 is 0. The number of nitrogens with zero attached hydrogens (tertiary/aromatic N) is 1. The zero-order valence-electron chi connectivity index (χ0n) is 25.7. The van der Waals surface area contributed by atoms with Gasteiger partial charge in [0.2, 0.25) is 0 Å². The van der Waals surface area contributed by atoms with Crippen molar-refractivity contribution < 1.29 is 0 Å². The first kappa shape index (κ1) is 26.5. The van der Waals surface area contributed by atoms with Crippen molar-refractivity contribution in [1.29, 1.82) is 0 Å². The lowest BCUT2D eigenvalue weighted by Crippen LogP contribution is -2.15. The van der Waals surface area contributed by atoms with Crippen molar-refractivity contribution in [2.24, 2.45) is 0 Å². The van der Waals surface area contributed by atoms with Crippen LogP contribution in [0.25, 0.3) is 54.9 Å². The van der Waals surface area contributed by atoms with E-state index in [9.17, 15) is 0 Å². The van der Waals surface area contributed by atoms with Crippen LogP contribution in [0.4, 0.5) is 17.1 Å². The molecule has 1 aliphatic rings. The van der Waals surface area contributed by atoms with Gasteiger partial charge in [-0.25, -0.2) is 0 Å². The van der Waals surface area contributed by atoms with Gasteiger partial charge in [-0.3, -0.25) is 0 Å². The average Bonchev–Trinajstić information content (AvgIpc) is 3.04. The van der Waals surface area contributed by atoms with Crippen molar-refractivity contribution in [3.8, 4) is 33.4 Å². The molecule has 0 bridgehead atoms. The Labute approximate surface area is 260 Å². The number of hydrogen-bond acceptors (Lipinski definition) is 1. The van der Waals surface area contributed by atoms with Gasteiger partial charge < -0.3 is 4.90 Å². The number of hydrogen-bond donors (Lipinski definition) is 0. The van der Waals surface area contributed by atoms with Crippen molar-refractivity contribution in [2.75, 3.05) is 4.90 Å². The van der Waals surface area contributed by atoms with Gasteiger partial charge in [0.15, 0.2) is 0 Å². The Kier molecular flexibility index (Phi) is 6.00. The zero-order chi connectivity index (χ0) is 30.0. The van der Waals surface area contributed by atoms with Crippen LogP contribution < -0.4 is 4.90 Å². The minimum atomic E-state index is 0.0680. The van der Waals surface area contributed by atoms with Crippen LogP contribution in [0, 0.1) is 6.92 Å². The van der Waals surface area contributed by atoms with Crippen molar-refractivity contribution in [3.05, 3.63) is 151 Å². The zero-order valence-corrected chi connectivity index (χ0v) is 25.7. The van der Waals surface area contributed by atoms with E-state index in [4.69, 9.17) is 0 Å².